The Labute approximate surface area is 248 Å². The van der Waals surface area contributed by atoms with Gasteiger partial charge in [0, 0.05) is 37.9 Å². The quantitative estimate of drug-likeness (QED) is 0.186. The summed E-state index contributed by atoms with van der Waals surface area (Å²) in [6.07, 6.45) is -4.75. The van der Waals surface area contributed by atoms with Crippen LogP contribution >= 0.6 is 22.9 Å². The average molecular weight is 630 g/mol. The molecule has 42 heavy (non-hydrogen) atoms. The second-order valence-electron chi connectivity index (χ2n) is 9.81. The van der Waals surface area contributed by atoms with Crippen LogP contribution in [0.5, 0.6) is 5.75 Å². The van der Waals surface area contributed by atoms with Crippen molar-refractivity contribution in [2.45, 2.75) is 50.7 Å². The Balaban J connectivity index is 1.17. The largest absolute Gasteiger partial charge is 0.491 e. The second kappa shape index (κ2) is 13.4. The maximum atomic E-state index is 13.3. The summed E-state index contributed by atoms with van der Waals surface area (Å²) in [5.41, 5.74) is 0.632. The molecule has 0 saturated carbocycles. The molecule has 2 aliphatic heterocycles. The number of likely N-dealkylation sites (tertiary alicyclic amines) is 1. The number of oxime groups is 1. The van der Waals surface area contributed by atoms with E-state index in [4.69, 9.17) is 30.9 Å². The lowest BCUT2D eigenvalue weighted by atomic mass is 9.97. The van der Waals surface area contributed by atoms with Gasteiger partial charge < -0.3 is 19.2 Å². The Kier molecular flexibility index (Phi) is 9.63. The van der Waals surface area contributed by atoms with Crippen molar-refractivity contribution in [1.82, 2.24) is 19.7 Å². The zero-order valence-corrected chi connectivity index (χ0v) is 24.1. The summed E-state index contributed by atoms with van der Waals surface area (Å²) in [6, 6.07) is 6.04. The third-order valence-corrected chi connectivity index (χ3v) is 8.46. The van der Waals surface area contributed by atoms with Crippen LogP contribution in [0.25, 0.3) is 0 Å². The number of methoxy groups -OCH3 is 1. The van der Waals surface area contributed by atoms with E-state index in [-0.39, 0.29) is 5.92 Å². The van der Waals surface area contributed by atoms with Crippen molar-refractivity contribution < 1.29 is 36.7 Å². The fraction of sp³-hybridized carbons (Fsp3) is 0.481. The smallest absolute Gasteiger partial charge is 0.282 e. The van der Waals surface area contributed by atoms with Crippen LogP contribution < -0.4 is 4.74 Å². The molecule has 0 aliphatic carbocycles. The molecule has 2 aromatic heterocycles. The number of ether oxygens (including phenoxy) is 2. The normalized spacial score (nSPS) is 17.7. The molecule has 0 bridgehead atoms. The van der Waals surface area contributed by atoms with Gasteiger partial charge in [0.1, 0.15) is 36.0 Å². The number of halogens is 5. The molecule has 226 valence electrons. The van der Waals surface area contributed by atoms with Crippen LogP contribution in [-0.4, -0.2) is 64.7 Å². The van der Waals surface area contributed by atoms with E-state index >= 15 is 0 Å². The lowest BCUT2D eigenvalue weighted by Crippen LogP contribution is -2.40. The van der Waals surface area contributed by atoms with Gasteiger partial charge in [-0.15, -0.1) is 11.3 Å². The highest BCUT2D eigenvalue weighted by atomic mass is 35.5. The van der Waals surface area contributed by atoms with Gasteiger partial charge in [-0.25, -0.2) is 22.5 Å². The molecule has 1 saturated heterocycles. The number of carbonyl (C=O) groups excluding carboxylic acids is 1. The van der Waals surface area contributed by atoms with Crippen LogP contribution in [0.1, 0.15) is 71.8 Å². The van der Waals surface area contributed by atoms with E-state index in [1.165, 1.54) is 11.3 Å². The van der Waals surface area contributed by atoms with Gasteiger partial charge in [0.2, 0.25) is 5.91 Å². The summed E-state index contributed by atoms with van der Waals surface area (Å²) in [5, 5.41) is 11.1. The first-order chi connectivity index (χ1) is 20.2. The lowest BCUT2D eigenvalue weighted by Gasteiger charge is -2.31. The Bertz CT molecular complexity index is 1430. The number of benzene rings is 1. The fourth-order valence-corrected chi connectivity index (χ4v) is 6.23. The molecule has 4 heterocycles. The van der Waals surface area contributed by atoms with Crippen LogP contribution in [-0.2, 0) is 20.9 Å². The standard InChI is InChI=1S/C27H28ClF4N5O4S/c1-39-9-10-40-21-4-2-3-16(28)24(21)22-12-17(35-41-22)19-14-42-27(33-19)15-5-7-36(8-6-15)23(38)13-37-20(26(31)32)11-18(34-37)25(29)30/h2-4,11,14-15,22,25-26H,5-10,12-13H2,1H3. The number of aromatic nitrogens is 3. The molecule has 1 atom stereocenters. The maximum Gasteiger partial charge on any atom is 0.282 e. The molecule has 1 unspecified atom stereocenters. The molecule has 15 heteroatoms. The van der Waals surface area contributed by atoms with Crippen LogP contribution in [0.3, 0.4) is 0 Å². The van der Waals surface area contributed by atoms with E-state index < -0.39 is 42.8 Å². The van der Waals surface area contributed by atoms with E-state index in [0.29, 0.717) is 84.1 Å². The molecule has 1 fully saturated rings. The van der Waals surface area contributed by atoms with Crippen molar-refractivity contribution in [1.29, 1.82) is 0 Å². The highest BCUT2D eigenvalue weighted by Gasteiger charge is 2.32. The summed E-state index contributed by atoms with van der Waals surface area (Å²) < 4.78 is 64.0. The molecule has 0 spiro atoms. The number of hydrogen-bond acceptors (Lipinski definition) is 8. The van der Waals surface area contributed by atoms with E-state index in [1.54, 1.807) is 24.1 Å². The number of alkyl halides is 4. The molecular weight excluding hydrogens is 602 g/mol. The predicted octanol–water partition coefficient (Wildman–Crippen LogP) is 6.17. The molecule has 0 radical (unpaired) electrons. The van der Waals surface area contributed by atoms with Gasteiger partial charge in [0.05, 0.1) is 27.9 Å². The second-order valence-corrected chi connectivity index (χ2v) is 11.1. The van der Waals surface area contributed by atoms with Crippen LogP contribution in [0.15, 0.2) is 34.8 Å². The Morgan fingerprint density at radius 2 is 1.98 bits per heavy atom. The van der Waals surface area contributed by atoms with E-state index in [1.807, 2.05) is 11.4 Å². The molecule has 2 aliphatic rings. The van der Waals surface area contributed by atoms with Gasteiger partial charge in [-0.05, 0) is 31.0 Å². The van der Waals surface area contributed by atoms with E-state index in [2.05, 4.69) is 10.3 Å². The SMILES string of the molecule is COCCOc1cccc(Cl)c1C1CC(c2csc(C3CCN(C(=O)Cn4nc(C(F)F)cc4C(F)F)CC3)n2)=NO1. The monoisotopic (exact) mass is 629 g/mol. The summed E-state index contributed by atoms with van der Waals surface area (Å²) in [6.45, 7) is 1.04. The highest BCUT2D eigenvalue weighted by molar-refractivity contribution is 7.10. The average Bonchev–Trinajstić information content (AvgIpc) is 3.73. The van der Waals surface area contributed by atoms with Gasteiger partial charge >= 0.3 is 0 Å². The van der Waals surface area contributed by atoms with Gasteiger partial charge in [-0.2, -0.15) is 5.10 Å². The maximum absolute atomic E-state index is 13.3. The summed E-state index contributed by atoms with van der Waals surface area (Å²) >= 11 is 7.98. The zero-order chi connectivity index (χ0) is 29.8. The molecule has 0 N–H and O–H groups in total. The van der Waals surface area contributed by atoms with Crippen molar-refractivity contribution in [2.24, 2.45) is 5.16 Å². The molecule has 3 aromatic rings. The number of amides is 1. The van der Waals surface area contributed by atoms with Gasteiger partial charge in [-0.1, -0.05) is 22.8 Å². The molecule has 5 rings (SSSR count). The Morgan fingerprint density at radius 3 is 2.69 bits per heavy atom. The van der Waals surface area contributed by atoms with Gasteiger partial charge in [0.15, 0.2) is 6.10 Å². The van der Waals surface area contributed by atoms with Crippen molar-refractivity contribution in [2.75, 3.05) is 33.4 Å². The molecule has 9 nitrogen and oxygen atoms in total. The van der Waals surface area contributed by atoms with Gasteiger partial charge in [0.25, 0.3) is 12.9 Å². The minimum Gasteiger partial charge on any atom is -0.491 e. The third kappa shape index (κ3) is 6.70. The van der Waals surface area contributed by atoms with E-state index in [0.717, 1.165) is 5.01 Å². The summed E-state index contributed by atoms with van der Waals surface area (Å²) in [4.78, 5) is 24.8. The number of thiazole rings is 1. The summed E-state index contributed by atoms with van der Waals surface area (Å²) in [5.74, 6) is 0.254. The first-order valence-corrected chi connectivity index (χ1v) is 14.5. The van der Waals surface area contributed by atoms with Crippen molar-refractivity contribution in [3.63, 3.8) is 0 Å². The number of nitrogens with zero attached hydrogens (tertiary/aromatic N) is 5. The van der Waals surface area contributed by atoms with Crippen molar-refractivity contribution >= 4 is 34.6 Å². The highest BCUT2D eigenvalue weighted by Crippen LogP contribution is 2.40. The minimum atomic E-state index is -3.02. The van der Waals surface area contributed by atoms with Crippen LogP contribution in [0.4, 0.5) is 17.6 Å². The Hall–Kier alpha value is -3.23. The minimum absolute atomic E-state index is 0.0997. The first-order valence-electron chi connectivity index (χ1n) is 13.3. The van der Waals surface area contributed by atoms with Crippen molar-refractivity contribution in [3.8, 4) is 5.75 Å². The molecule has 1 amide bonds. The summed E-state index contributed by atoms with van der Waals surface area (Å²) in [7, 11) is 1.60. The van der Waals surface area contributed by atoms with Gasteiger partial charge in [-0.3, -0.25) is 9.48 Å². The third-order valence-electron chi connectivity index (χ3n) is 7.13. The number of carbonyl (C=O) groups is 1. The van der Waals surface area contributed by atoms with Crippen LogP contribution in [0, 0.1) is 0 Å². The predicted molar refractivity (Wildman–Crippen MR) is 147 cm³/mol. The first kappa shape index (κ1) is 30.2. The Morgan fingerprint density at radius 1 is 1.19 bits per heavy atom. The topological polar surface area (TPSA) is 91.1 Å². The molecule has 1 aromatic carbocycles. The van der Waals surface area contributed by atoms with E-state index in [9.17, 15) is 22.4 Å². The number of hydrogen-bond donors (Lipinski definition) is 0. The molecular formula is C27H28ClF4N5O4S. The van der Waals surface area contributed by atoms with Crippen molar-refractivity contribution in [3.05, 3.63) is 62.3 Å². The number of rotatable bonds is 11. The zero-order valence-electron chi connectivity index (χ0n) is 22.5. The number of piperidine rings is 1. The lowest BCUT2D eigenvalue weighted by molar-refractivity contribution is -0.133. The van der Waals surface area contributed by atoms with Crippen LogP contribution in [0.2, 0.25) is 5.02 Å². The fourth-order valence-electron chi connectivity index (χ4n) is 4.95.